The van der Waals surface area contributed by atoms with Crippen LogP contribution in [0.4, 0.5) is 11.4 Å². The van der Waals surface area contributed by atoms with Crippen molar-refractivity contribution in [3.05, 3.63) is 48.3 Å². The van der Waals surface area contributed by atoms with Crippen molar-refractivity contribution >= 4 is 17.3 Å². The smallest absolute Gasteiger partial charge is 0.356 e. The summed E-state index contributed by atoms with van der Waals surface area (Å²) >= 11 is 0. The largest absolute Gasteiger partial charge is 0.497 e. The molecule has 98 valence electrons. The minimum Gasteiger partial charge on any atom is -0.497 e. The van der Waals surface area contributed by atoms with E-state index in [1.807, 2.05) is 24.3 Å². The number of carbonyl (C=O) groups is 1. The molecule has 1 N–H and O–H groups in total. The van der Waals surface area contributed by atoms with Gasteiger partial charge in [0.15, 0.2) is 5.69 Å². The summed E-state index contributed by atoms with van der Waals surface area (Å²) in [4.78, 5) is 16.8. The molecule has 0 saturated carbocycles. The van der Waals surface area contributed by atoms with Gasteiger partial charge in [-0.1, -0.05) is 0 Å². The Balaban J connectivity index is 2.37. The molecule has 0 unspecified atom stereocenters. The Morgan fingerprint density at radius 3 is 2.53 bits per heavy atom. The summed E-state index contributed by atoms with van der Waals surface area (Å²) in [6, 6.07) is 10.8. The third-order valence-electron chi connectivity index (χ3n) is 2.81. The second-order valence-corrected chi connectivity index (χ2v) is 3.93. The molecule has 0 bridgehead atoms. The van der Waals surface area contributed by atoms with Gasteiger partial charge in [0.2, 0.25) is 0 Å². The number of nitrogens with zero attached hydrogens (tertiary/aromatic N) is 2. The van der Waals surface area contributed by atoms with Crippen molar-refractivity contribution in [3.8, 4) is 5.75 Å². The molecule has 5 heteroatoms. The lowest BCUT2D eigenvalue weighted by molar-refractivity contribution is 0.0691. The van der Waals surface area contributed by atoms with Crippen LogP contribution in [-0.4, -0.2) is 30.2 Å². The number of aromatic carboxylic acids is 1. The van der Waals surface area contributed by atoms with Crippen LogP contribution in [0.2, 0.25) is 0 Å². The summed E-state index contributed by atoms with van der Waals surface area (Å²) < 4.78 is 5.09. The van der Waals surface area contributed by atoms with Crippen LogP contribution in [0.3, 0.4) is 0 Å². The summed E-state index contributed by atoms with van der Waals surface area (Å²) in [5, 5.41) is 9.13. The fourth-order valence-electron chi connectivity index (χ4n) is 1.78. The van der Waals surface area contributed by atoms with Crippen LogP contribution in [0.25, 0.3) is 0 Å². The number of methoxy groups -OCH3 is 1. The lowest BCUT2D eigenvalue weighted by Gasteiger charge is -2.20. The molecule has 0 amide bonds. The highest BCUT2D eigenvalue weighted by Crippen LogP contribution is 2.27. The van der Waals surface area contributed by atoms with Gasteiger partial charge < -0.3 is 14.7 Å². The lowest BCUT2D eigenvalue weighted by Crippen LogP contribution is -2.15. The van der Waals surface area contributed by atoms with Gasteiger partial charge >= 0.3 is 5.97 Å². The van der Waals surface area contributed by atoms with Gasteiger partial charge in [0, 0.05) is 18.9 Å². The monoisotopic (exact) mass is 258 g/mol. The van der Waals surface area contributed by atoms with E-state index in [2.05, 4.69) is 4.98 Å². The zero-order chi connectivity index (χ0) is 13.8. The van der Waals surface area contributed by atoms with Gasteiger partial charge in [-0.3, -0.25) is 0 Å². The Hall–Kier alpha value is -2.56. The van der Waals surface area contributed by atoms with E-state index in [0.29, 0.717) is 5.69 Å². The van der Waals surface area contributed by atoms with Crippen LogP contribution < -0.4 is 9.64 Å². The highest BCUT2D eigenvalue weighted by molar-refractivity contribution is 5.93. The highest BCUT2D eigenvalue weighted by atomic mass is 16.5. The second-order valence-electron chi connectivity index (χ2n) is 3.93. The number of benzene rings is 1. The van der Waals surface area contributed by atoms with E-state index in [4.69, 9.17) is 9.84 Å². The van der Waals surface area contributed by atoms with Crippen LogP contribution in [0.15, 0.2) is 42.6 Å². The van der Waals surface area contributed by atoms with Gasteiger partial charge in [-0.05, 0) is 36.4 Å². The number of hydrogen-bond acceptors (Lipinski definition) is 4. The van der Waals surface area contributed by atoms with Gasteiger partial charge in [0.1, 0.15) is 5.75 Å². The van der Waals surface area contributed by atoms with E-state index >= 15 is 0 Å². The average molecular weight is 258 g/mol. The van der Waals surface area contributed by atoms with E-state index in [1.165, 1.54) is 6.20 Å². The molecule has 1 aromatic carbocycles. The Morgan fingerprint density at radius 2 is 1.95 bits per heavy atom. The van der Waals surface area contributed by atoms with Gasteiger partial charge in [0.05, 0.1) is 12.8 Å². The number of ether oxygens (including phenoxy) is 1. The van der Waals surface area contributed by atoms with Crippen molar-refractivity contribution in [2.45, 2.75) is 0 Å². The first-order chi connectivity index (χ1) is 9.13. The maximum Gasteiger partial charge on any atom is 0.356 e. The fourth-order valence-corrected chi connectivity index (χ4v) is 1.78. The molecule has 2 rings (SSSR count). The number of anilines is 2. The summed E-state index contributed by atoms with van der Waals surface area (Å²) in [6.07, 6.45) is 1.47. The van der Waals surface area contributed by atoms with Crippen molar-refractivity contribution in [2.24, 2.45) is 0 Å². The van der Waals surface area contributed by atoms with Crippen molar-refractivity contribution in [1.82, 2.24) is 4.98 Å². The van der Waals surface area contributed by atoms with Gasteiger partial charge in [-0.15, -0.1) is 0 Å². The number of pyridine rings is 1. The first-order valence-electron chi connectivity index (χ1n) is 5.69. The lowest BCUT2D eigenvalue weighted by atomic mass is 10.2. The molecule has 0 aliphatic rings. The Kier molecular flexibility index (Phi) is 3.66. The van der Waals surface area contributed by atoms with Crippen molar-refractivity contribution < 1.29 is 14.6 Å². The predicted octanol–water partition coefficient (Wildman–Crippen LogP) is 2.56. The average Bonchev–Trinajstić information content (AvgIpc) is 2.46. The van der Waals surface area contributed by atoms with Crippen LogP contribution in [-0.2, 0) is 0 Å². The third-order valence-corrected chi connectivity index (χ3v) is 2.81. The molecule has 0 saturated heterocycles. The minimum absolute atomic E-state index is 0.0285. The molecule has 0 aliphatic heterocycles. The van der Waals surface area contributed by atoms with Crippen molar-refractivity contribution in [1.29, 1.82) is 0 Å². The molecule has 2 aromatic rings. The molecular weight excluding hydrogens is 244 g/mol. The topological polar surface area (TPSA) is 62.7 Å². The normalized spacial score (nSPS) is 10.0. The minimum atomic E-state index is -1.05. The maximum atomic E-state index is 11.1. The van der Waals surface area contributed by atoms with E-state index in [9.17, 15) is 4.79 Å². The Morgan fingerprint density at radius 1 is 1.26 bits per heavy atom. The van der Waals surface area contributed by atoms with Crippen LogP contribution in [0.5, 0.6) is 5.75 Å². The number of carboxylic acid groups (broad SMARTS) is 1. The van der Waals surface area contributed by atoms with Gasteiger partial charge in [-0.25, -0.2) is 9.78 Å². The second kappa shape index (κ2) is 5.39. The van der Waals surface area contributed by atoms with E-state index in [-0.39, 0.29) is 5.69 Å². The molecule has 5 nitrogen and oxygen atoms in total. The molecule has 19 heavy (non-hydrogen) atoms. The fraction of sp³-hybridized carbons (Fsp3) is 0.143. The zero-order valence-electron chi connectivity index (χ0n) is 10.7. The van der Waals surface area contributed by atoms with E-state index < -0.39 is 5.97 Å². The molecule has 1 aromatic heterocycles. The number of rotatable bonds is 4. The number of hydrogen-bond donors (Lipinski definition) is 1. The van der Waals surface area contributed by atoms with Gasteiger partial charge in [0.25, 0.3) is 0 Å². The zero-order valence-corrected chi connectivity index (χ0v) is 10.7. The molecule has 0 aliphatic carbocycles. The molecule has 1 heterocycles. The number of carboxylic acids is 1. The first-order valence-corrected chi connectivity index (χ1v) is 5.69. The third kappa shape index (κ3) is 2.65. The van der Waals surface area contributed by atoms with Crippen molar-refractivity contribution in [3.63, 3.8) is 0 Å². The summed E-state index contributed by atoms with van der Waals surface area (Å²) in [6.45, 7) is 0. The predicted molar refractivity (Wildman–Crippen MR) is 72.3 cm³/mol. The first kappa shape index (κ1) is 12.9. The highest BCUT2D eigenvalue weighted by Gasteiger charge is 2.15. The maximum absolute atomic E-state index is 11.1. The van der Waals surface area contributed by atoms with Crippen LogP contribution in [0.1, 0.15) is 10.5 Å². The van der Waals surface area contributed by atoms with Gasteiger partial charge in [-0.2, -0.15) is 0 Å². The van der Waals surface area contributed by atoms with Crippen LogP contribution in [0, 0.1) is 0 Å². The standard InChI is InChI=1S/C14H14N2O3/c1-16(10-5-7-11(19-2)8-6-10)12-4-3-9-15-13(12)14(17)18/h3-9H,1-2H3,(H,17,18). The quantitative estimate of drug-likeness (QED) is 0.913. The molecule has 0 fully saturated rings. The molecule has 0 atom stereocenters. The molecule has 0 radical (unpaired) electrons. The van der Waals surface area contributed by atoms with Crippen molar-refractivity contribution in [2.75, 3.05) is 19.1 Å². The van der Waals surface area contributed by atoms with E-state index in [1.54, 1.807) is 31.2 Å². The Labute approximate surface area is 111 Å². The molecule has 0 spiro atoms. The molecular formula is C14H14N2O3. The SMILES string of the molecule is COc1ccc(N(C)c2cccnc2C(=O)O)cc1. The summed E-state index contributed by atoms with van der Waals surface area (Å²) in [5.41, 5.74) is 1.43. The summed E-state index contributed by atoms with van der Waals surface area (Å²) in [7, 11) is 3.40. The van der Waals surface area contributed by atoms with E-state index in [0.717, 1.165) is 11.4 Å². The Bertz CT molecular complexity index is 581. The van der Waals surface area contributed by atoms with Crippen LogP contribution >= 0.6 is 0 Å². The number of aromatic nitrogens is 1. The summed E-state index contributed by atoms with van der Waals surface area (Å²) in [5.74, 6) is -0.294.